The van der Waals surface area contributed by atoms with Gasteiger partial charge < -0.3 is 14.4 Å². The van der Waals surface area contributed by atoms with E-state index in [1.165, 1.54) is 29.1 Å². The van der Waals surface area contributed by atoms with E-state index in [0.29, 0.717) is 38.6 Å². The Kier molecular flexibility index (Phi) is 7.47. The largest absolute Gasteiger partial charge is 0.496 e. The number of morpholine rings is 1. The van der Waals surface area contributed by atoms with Crippen molar-refractivity contribution in [1.82, 2.24) is 9.21 Å². The Balaban J connectivity index is 1.74. The number of sulfonamides is 1. The van der Waals surface area contributed by atoms with Gasteiger partial charge in [0.25, 0.3) is 5.91 Å². The minimum atomic E-state index is -3.69. The van der Waals surface area contributed by atoms with Crippen LogP contribution in [0.2, 0.25) is 0 Å². The van der Waals surface area contributed by atoms with Gasteiger partial charge in [0.15, 0.2) is 0 Å². The van der Waals surface area contributed by atoms with E-state index >= 15 is 0 Å². The van der Waals surface area contributed by atoms with Crippen LogP contribution < -0.4 is 4.74 Å². The molecule has 0 unspecified atom stereocenters. The first-order valence-electron chi connectivity index (χ1n) is 9.99. The van der Waals surface area contributed by atoms with Crippen LogP contribution in [-0.2, 0) is 21.2 Å². The molecule has 0 atom stereocenters. The maximum Gasteiger partial charge on any atom is 0.257 e. The molecule has 1 amide bonds. The van der Waals surface area contributed by atoms with Crippen LogP contribution in [-0.4, -0.2) is 70.5 Å². The van der Waals surface area contributed by atoms with Gasteiger partial charge in [-0.2, -0.15) is 4.31 Å². The lowest BCUT2D eigenvalue weighted by Crippen LogP contribution is -2.40. The second kappa shape index (κ2) is 10.1. The molecule has 1 saturated heterocycles. The van der Waals surface area contributed by atoms with Gasteiger partial charge in [-0.25, -0.2) is 8.42 Å². The van der Waals surface area contributed by atoms with Crippen LogP contribution in [0.1, 0.15) is 22.3 Å². The summed E-state index contributed by atoms with van der Waals surface area (Å²) < 4.78 is 37.9. The Bertz CT molecular complexity index is 957. The summed E-state index contributed by atoms with van der Waals surface area (Å²) in [6.07, 6.45) is 1.67. The van der Waals surface area contributed by atoms with Crippen LogP contribution in [0.25, 0.3) is 0 Å². The van der Waals surface area contributed by atoms with Crippen molar-refractivity contribution in [2.24, 2.45) is 0 Å². The number of rotatable bonds is 8. The van der Waals surface area contributed by atoms with Crippen molar-refractivity contribution in [3.8, 4) is 5.75 Å². The SMILES string of the molecule is COc1ccc(S(=O)(=O)N2CCOCC2)cc1C(=O)N(C)CCCc1ccccc1. The number of amides is 1. The van der Waals surface area contributed by atoms with Crippen molar-refractivity contribution >= 4 is 15.9 Å². The first-order valence-corrected chi connectivity index (χ1v) is 11.4. The number of ether oxygens (including phenoxy) is 2. The Labute approximate surface area is 178 Å². The van der Waals surface area contributed by atoms with Crippen LogP contribution in [0.3, 0.4) is 0 Å². The van der Waals surface area contributed by atoms with Crippen molar-refractivity contribution < 1.29 is 22.7 Å². The van der Waals surface area contributed by atoms with Gasteiger partial charge in [0, 0.05) is 26.7 Å². The maximum absolute atomic E-state index is 13.0. The van der Waals surface area contributed by atoms with Gasteiger partial charge in [-0.15, -0.1) is 0 Å². The Hall–Kier alpha value is -2.42. The van der Waals surface area contributed by atoms with E-state index in [1.807, 2.05) is 18.2 Å². The zero-order valence-electron chi connectivity index (χ0n) is 17.4. The molecule has 0 radical (unpaired) electrons. The second-order valence-corrected chi connectivity index (χ2v) is 9.13. The summed E-state index contributed by atoms with van der Waals surface area (Å²) in [4.78, 5) is 14.7. The highest BCUT2D eigenvalue weighted by molar-refractivity contribution is 7.89. The predicted molar refractivity (Wildman–Crippen MR) is 114 cm³/mol. The topological polar surface area (TPSA) is 76.1 Å². The normalized spacial score (nSPS) is 15.0. The molecular weight excluding hydrogens is 404 g/mol. The summed E-state index contributed by atoms with van der Waals surface area (Å²) in [5, 5.41) is 0. The molecule has 0 spiro atoms. The molecule has 0 aromatic heterocycles. The van der Waals surface area contributed by atoms with Crippen molar-refractivity contribution in [2.45, 2.75) is 17.7 Å². The molecule has 0 bridgehead atoms. The number of benzene rings is 2. The van der Waals surface area contributed by atoms with E-state index in [9.17, 15) is 13.2 Å². The van der Waals surface area contributed by atoms with Crippen LogP contribution >= 0.6 is 0 Å². The molecule has 1 heterocycles. The zero-order chi connectivity index (χ0) is 21.6. The summed E-state index contributed by atoms with van der Waals surface area (Å²) >= 11 is 0. The number of hydrogen-bond donors (Lipinski definition) is 0. The lowest BCUT2D eigenvalue weighted by atomic mass is 10.1. The molecule has 0 aliphatic carbocycles. The minimum absolute atomic E-state index is 0.0891. The first-order chi connectivity index (χ1) is 14.4. The van der Waals surface area contributed by atoms with E-state index < -0.39 is 10.0 Å². The third-order valence-electron chi connectivity index (χ3n) is 5.16. The Morgan fingerprint density at radius 1 is 1.13 bits per heavy atom. The van der Waals surface area contributed by atoms with E-state index in [0.717, 1.165) is 12.8 Å². The Morgan fingerprint density at radius 3 is 2.50 bits per heavy atom. The fraction of sp³-hybridized carbons (Fsp3) is 0.409. The van der Waals surface area contributed by atoms with E-state index in [4.69, 9.17) is 9.47 Å². The molecule has 2 aromatic rings. The highest BCUT2D eigenvalue weighted by Gasteiger charge is 2.28. The van der Waals surface area contributed by atoms with Crippen molar-refractivity contribution in [3.63, 3.8) is 0 Å². The minimum Gasteiger partial charge on any atom is -0.496 e. The number of nitrogens with zero attached hydrogens (tertiary/aromatic N) is 2. The summed E-state index contributed by atoms with van der Waals surface area (Å²) in [5.74, 6) is 0.0924. The van der Waals surface area contributed by atoms with E-state index in [2.05, 4.69) is 12.1 Å². The molecule has 1 fully saturated rings. The molecule has 8 heteroatoms. The zero-order valence-corrected chi connectivity index (χ0v) is 18.2. The summed E-state index contributed by atoms with van der Waals surface area (Å²) in [6, 6.07) is 14.5. The highest BCUT2D eigenvalue weighted by atomic mass is 32.2. The van der Waals surface area contributed by atoms with Gasteiger partial charge in [-0.1, -0.05) is 30.3 Å². The first kappa shape index (κ1) is 22.3. The van der Waals surface area contributed by atoms with E-state index in [-0.39, 0.29) is 16.4 Å². The predicted octanol–water partition coefficient (Wildman–Crippen LogP) is 2.42. The van der Waals surface area contributed by atoms with Gasteiger partial charge in [0.2, 0.25) is 10.0 Å². The number of aryl methyl sites for hydroxylation is 1. The molecule has 3 rings (SSSR count). The molecule has 0 saturated carbocycles. The van der Waals surface area contributed by atoms with Gasteiger partial charge in [0.1, 0.15) is 5.75 Å². The van der Waals surface area contributed by atoms with Gasteiger partial charge in [-0.3, -0.25) is 4.79 Å². The number of methoxy groups -OCH3 is 1. The van der Waals surface area contributed by atoms with Gasteiger partial charge >= 0.3 is 0 Å². The lowest BCUT2D eigenvalue weighted by molar-refractivity contribution is 0.0730. The van der Waals surface area contributed by atoms with Crippen molar-refractivity contribution in [3.05, 3.63) is 59.7 Å². The average molecular weight is 433 g/mol. The third kappa shape index (κ3) is 5.19. The molecule has 1 aliphatic rings. The maximum atomic E-state index is 13.0. The average Bonchev–Trinajstić information content (AvgIpc) is 2.79. The summed E-state index contributed by atoms with van der Waals surface area (Å²) in [7, 11) is -0.507. The molecule has 1 aliphatic heterocycles. The molecule has 30 heavy (non-hydrogen) atoms. The standard InChI is InChI=1S/C22H28N2O5S/c1-23(12-6-9-18-7-4-3-5-8-18)22(25)20-17-19(10-11-21(20)28-2)30(26,27)24-13-15-29-16-14-24/h3-5,7-8,10-11,17H,6,9,12-16H2,1-2H3. The van der Waals surface area contributed by atoms with Gasteiger partial charge in [0.05, 0.1) is 30.8 Å². The molecule has 2 aromatic carbocycles. The molecule has 162 valence electrons. The fourth-order valence-corrected chi connectivity index (χ4v) is 4.86. The molecular formula is C22H28N2O5S. The Morgan fingerprint density at radius 2 is 1.83 bits per heavy atom. The van der Waals surface area contributed by atoms with Crippen LogP contribution in [0.5, 0.6) is 5.75 Å². The number of hydrogen-bond acceptors (Lipinski definition) is 5. The van der Waals surface area contributed by atoms with Gasteiger partial charge in [-0.05, 0) is 36.6 Å². The van der Waals surface area contributed by atoms with Crippen LogP contribution in [0.4, 0.5) is 0 Å². The third-order valence-corrected chi connectivity index (χ3v) is 7.05. The number of carbonyl (C=O) groups excluding carboxylic acids is 1. The fourth-order valence-electron chi connectivity index (χ4n) is 3.42. The molecule has 7 nitrogen and oxygen atoms in total. The monoisotopic (exact) mass is 432 g/mol. The van der Waals surface area contributed by atoms with Crippen LogP contribution in [0.15, 0.2) is 53.4 Å². The van der Waals surface area contributed by atoms with E-state index in [1.54, 1.807) is 18.0 Å². The van der Waals surface area contributed by atoms with Crippen molar-refractivity contribution in [1.29, 1.82) is 0 Å². The summed E-state index contributed by atoms with van der Waals surface area (Å²) in [6.45, 7) is 1.89. The quantitative estimate of drug-likeness (QED) is 0.640. The second-order valence-electron chi connectivity index (χ2n) is 7.19. The highest BCUT2D eigenvalue weighted by Crippen LogP contribution is 2.26. The van der Waals surface area contributed by atoms with Crippen molar-refractivity contribution in [2.75, 3.05) is 47.0 Å². The summed E-state index contributed by atoms with van der Waals surface area (Å²) in [5.41, 5.74) is 1.46. The molecule has 0 N–H and O–H groups in total. The smallest absolute Gasteiger partial charge is 0.257 e. The number of carbonyl (C=O) groups is 1. The lowest BCUT2D eigenvalue weighted by Gasteiger charge is -2.26. The van der Waals surface area contributed by atoms with Crippen LogP contribution in [0, 0.1) is 0 Å².